The zero-order valence-electron chi connectivity index (χ0n) is 11.2. The Bertz CT molecular complexity index is 440. The van der Waals surface area contributed by atoms with Crippen molar-refractivity contribution in [2.24, 2.45) is 0 Å². The third kappa shape index (κ3) is 7.57. The van der Waals surface area contributed by atoms with Crippen LogP contribution in [0.3, 0.4) is 0 Å². The smallest absolute Gasteiger partial charge is 0.239 e. The molecule has 1 aromatic rings. The molecule has 0 saturated carbocycles. The summed E-state index contributed by atoms with van der Waals surface area (Å²) >= 11 is 12.6. The molecule has 0 bridgehead atoms. The van der Waals surface area contributed by atoms with Gasteiger partial charge in [-0.05, 0) is 43.4 Å². The van der Waals surface area contributed by atoms with E-state index in [1.54, 1.807) is 11.8 Å². The van der Waals surface area contributed by atoms with E-state index in [9.17, 15) is 4.79 Å². The lowest BCUT2D eigenvalue weighted by molar-refractivity contribution is -0.119. The van der Waals surface area contributed by atoms with Crippen molar-refractivity contribution in [3.05, 3.63) is 29.3 Å². The van der Waals surface area contributed by atoms with Crippen LogP contribution in [0.4, 0.5) is 0 Å². The van der Waals surface area contributed by atoms with Gasteiger partial charge in [-0.25, -0.2) is 0 Å². The van der Waals surface area contributed by atoms with Crippen molar-refractivity contribution >= 4 is 46.6 Å². The second kappa shape index (κ2) is 9.85. The number of rotatable bonds is 7. The Labute approximate surface area is 134 Å². The van der Waals surface area contributed by atoms with Crippen LogP contribution in [0.15, 0.2) is 29.2 Å². The zero-order valence-corrected chi connectivity index (χ0v) is 13.6. The van der Waals surface area contributed by atoms with Crippen LogP contribution in [0, 0.1) is 0 Å². The van der Waals surface area contributed by atoms with E-state index < -0.39 is 0 Å². The van der Waals surface area contributed by atoms with Gasteiger partial charge in [0.15, 0.2) is 5.11 Å². The summed E-state index contributed by atoms with van der Waals surface area (Å²) in [5.74, 6) is 0.817. The summed E-state index contributed by atoms with van der Waals surface area (Å²) in [5, 5.41) is 9.83. The number of benzene rings is 1. The predicted molar refractivity (Wildman–Crippen MR) is 89.5 cm³/mol. The molecule has 7 heteroatoms. The Hall–Kier alpha value is -0.980. The normalized spacial score (nSPS) is 9.90. The quantitative estimate of drug-likeness (QED) is 0.405. The molecule has 0 aliphatic heterocycles. The topological polar surface area (TPSA) is 53.2 Å². The lowest BCUT2D eigenvalue weighted by atomic mass is 10.4. The largest absolute Gasteiger partial charge is 0.362 e. The highest BCUT2D eigenvalue weighted by Crippen LogP contribution is 2.19. The number of nitrogens with one attached hydrogen (secondary N) is 3. The molecule has 0 fully saturated rings. The number of likely N-dealkylation sites (N-methyl/N-ethyl adjacent to an activating group) is 1. The van der Waals surface area contributed by atoms with Crippen molar-refractivity contribution < 1.29 is 4.79 Å². The number of carbonyl (C=O) groups excluding carboxylic acids is 1. The predicted octanol–water partition coefficient (Wildman–Crippen LogP) is 2.03. The van der Waals surface area contributed by atoms with E-state index in [2.05, 4.69) is 16.0 Å². The van der Waals surface area contributed by atoms with E-state index in [1.807, 2.05) is 31.2 Å². The van der Waals surface area contributed by atoms with E-state index in [0.717, 1.165) is 22.2 Å². The van der Waals surface area contributed by atoms with E-state index in [-0.39, 0.29) is 12.5 Å². The molecular weight excluding hydrogens is 314 g/mol. The van der Waals surface area contributed by atoms with Gasteiger partial charge in [-0.15, -0.1) is 11.8 Å². The fraction of sp³-hybridized carbons (Fsp3) is 0.385. The molecule has 1 rings (SSSR count). The number of thioether (sulfide) groups is 1. The molecule has 4 nitrogen and oxygen atoms in total. The summed E-state index contributed by atoms with van der Waals surface area (Å²) in [4.78, 5) is 12.4. The van der Waals surface area contributed by atoms with Gasteiger partial charge in [0, 0.05) is 28.8 Å². The van der Waals surface area contributed by atoms with Crippen LogP contribution in [-0.4, -0.2) is 36.4 Å². The first-order valence-corrected chi connectivity index (χ1v) is 8.05. The lowest BCUT2D eigenvalue weighted by Crippen LogP contribution is -2.42. The number of carbonyl (C=O) groups is 1. The van der Waals surface area contributed by atoms with Gasteiger partial charge in [-0.1, -0.05) is 11.6 Å². The number of amides is 1. The van der Waals surface area contributed by atoms with Crippen LogP contribution >= 0.6 is 35.6 Å². The van der Waals surface area contributed by atoms with Gasteiger partial charge in [0.1, 0.15) is 0 Å². The fourth-order valence-corrected chi connectivity index (χ4v) is 2.42. The molecule has 110 valence electrons. The number of hydrogen-bond donors (Lipinski definition) is 3. The van der Waals surface area contributed by atoms with Crippen molar-refractivity contribution in [2.75, 3.05) is 25.4 Å². The molecule has 0 spiro atoms. The SMILES string of the molecule is CCNC(=O)CNC(=S)NCCSc1ccc(Cl)cc1. The molecule has 20 heavy (non-hydrogen) atoms. The maximum absolute atomic E-state index is 11.2. The van der Waals surface area contributed by atoms with Crippen LogP contribution in [0.25, 0.3) is 0 Å². The van der Waals surface area contributed by atoms with Crippen molar-refractivity contribution in [3.63, 3.8) is 0 Å². The lowest BCUT2D eigenvalue weighted by Gasteiger charge is -2.10. The van der Waals surface area contributed by atoms with Gasteiger partial charge in [-0.2, -0.15) is 0 Å². The highest BCUT2D eigenvalue weighted by molar-refractivity contribution is 7.99. The van der Waals surface area contributed by atoms with Crippen LogP contribution in [0.1, 0.15) is 6.92 Å². The van der Waals surface area contributed by atoms with E-state index >= 15 is 0 Å². The van der Waals surface area contributed by atoms with Crippen LogP contribution in [0.5, 0.6) is 0 Å². The highest BCUT2D eigenvalue weighted by Gasteiger charge is 2.00. The molecule has 0 saturated heterocycles. The van der Waals surface area contributed by atoms with Crippen LogP contribution in [-0.2, 0) is 4.79 Å². The molecule has 0 radical (unpaired) electrons. The molecule has 0 aliphatic carbocycles. The Morgan fingerprint density at radius 3 is 2.60 bits per heavy atom. The first-order chi connectivity index (χ1) is 9.61. The molecule has 0 aromatic heterocycles. The van der Waals surface area contributed by atoms with E-state index in [1.165, 1.54) is 0 Å². The number of thiocarbonyl (C=S) groups is 1. The van der Waals surface area contributed by atoms with E-state index in [0.29, 0.717) is 11.7 Å². The molecule has 1 amide bonds. The van der Waals surface area contributed by atoms with Gasteiger partial charge in [0.05, 0.1) is 6.54 Å². The minimum Gasteiger partial charge on any atom is -0.362 e. The minimum absolute atomic E-state index is 0.0628. The molecule has 0 unspecified atom stereocenters. The summed E-state index contributed by atoms with van der Waals surface area (Å²) in [6.45, 7) is 3.43. The summed E-state index contributed by atoms with van der Waals surface area (Å²) in [6, 6.07) is 7.71. The van der Waals surface area contributed by atoms with Crippen LogP contribution in [0.2, 0.25) is 5.02 Å². The summed E-state index contributed by atoms with van der Waals surface area (Å²) < 4.78 is 0. The zero-order chi connectivity index (χ0) is 14.8. The first kappa shape index (κ1) is 17.1. The second-order valence-corrected chi connectivity index (χ2v) is 5.88. The Morgan fingerprint density at radius 1 is 1.25 bits per heavy atom. The van der Waals surface area contributed by atoms with Gasteiger partial charge in [-0.3, -0.25) is 4.79 Å². The van der Waals surface area contributed by atoms with Crippen molar-refractivity contribution in [2.45, 2.75) is 11.8 Å². The summed E-state index contributed by atoms with van der Waals surface area (Å²) in [5.41, 5.74) is 0. The Kier molecular flexibility index (Phi) is 8.41. The Balaban J connectivity index is 2.10. The van der Waals surface area contributed by atoms with Gasteiger partial charge >= 0.3 is 0 Å². The van der Waals surface area contributed by atoms with Gasteiger partial charge in [0.25, 0.3) is 0 Å². The standard InChI is InChI=1S/C13H18ClN3OS2/c1-2-15-12(18)9-17-13(19)16-7-8-20-11-5-3-10(14)4-6-11/h3-6H,2,7-9H2,1H3,(H,15,18)(H2,16,17,19). The molecule has 0 heterocycles. The van der Waals surface area contributed by atoms with Crippen molar-refractivity contribution in [1.82, 2.24) is 16.0 Å². The fourth-order valence-electron chi connectivity index (χ4n) is 1.35. The van der Waals surface area contributed by atoms with Crippen molar-refractivity contribution in [3.8, 4) is 0 Å². The summed E-state index contributed by atoms with van der Waals surface area (Å²) in [6.07, 6.45) is 0. The highest BCUT2D eigenvalue weighted by atomic mass is 35.5. The summed E-state index contributed by atoms with van der Waals surface area (Å²) in [7, 11) is 0. The van der Waals surface area contributed by atoms with E-state index in [4.69, 9.17) is 23.8 Å². The molecule has 0 atom stereocenters. The monoisotopic (exact) mass is 331 g/mol. The average molecular weight is 332 g/mol. The third-order valence-electron chi connectivity index (χ3n) is 2.25. The van der Waals surface area contributed by atoms with Crippen LogP contribution < -0.4 is 16.0 Å². The second-order valence-electron chi connectivity index (χ2n) is 3.87. The number of halogens is 1. The third-order valence-corrected chi connectivity index (χ3v) is 3.81. The number of hydrogen-bond acceptors (Lipinski definition) is 3. The molecule has 1 aromatic carbocycles. The molecule has 3 N–H and O–H groups in total. The van der Waals surface area contributed by atoms with Gasteiger partial charge < -0.3 is 16.0 Å². The minimum atomic E-state index is -0.0628. The molecule has 0 aliphatic rings. The first-order valence-electron chi connectivity index (χ1n) is 6.28. The maximum atomic E-state index is 11.2. The van der Waals surface area contributed by atoms with Gasteiger partial charge in [0.2, 0.25) is 5.91 Å². The molecular formula is C13H18ClN3OS2. The van der Waals surface area contributed by atoms with Crippen molar-refractivity contribution in [1.29, 1.82) is 0 Å². The Morgan fingerprint density at radius 2 is 1.95 bits per heavy atom. The maximum Gasteiger partial charge on any atom is 0.239 e. The average Bonchev–Trinajstić information content (AvgIpc) is 2.43.